The summed E-state index contributed by atoms with van der Waals surface area (Å²) < 4.78 is 10.2. The van der Waals surface area contributed by atoms with Crippen molar-refractivity contribution < 1.29 is 24.3 Å². The number of amides is 1. The highest BCUT2D eigenvalue weighted by molar-refractivity contribution is 5.91. The number of carbonyl (C=O) groups is 2. The summed E-state index contributed by atoms with van der Waals surface area (Å²) in [7, 11) is 1.49. The minimum absolute atomic E-state index is 0.177. The van der Waals surface area contributed by atoms with Gasteiger partial charge in [-0.3, -0.25) is 30.2 Å². The molecule has 2 unspecified atom stereocenters. The first-order chi connectivity index (χ1) is 9.24. The smallest absolute Gasteiger partial charge is 0.293 e. The van der Waals surface area contributed by atoms with Gasteiger partial charge in [0, 0.05) is 13.2 Å². The third-order valence-electron chi connectivity index (χ3n) is 2.65. The first-order valence-corrected chi connectivity index (χ1v) is 5.73. The minimum atomic E-state index is -0.411. The van der Waals surface area contributed by atoms with Crippen LogP contribution in [-0.4, -0.2) is 54.8 Å². The number of carbonyl (C=O) groups excluding carboxylic acids is 2. The molecule has 0 saturated carbocycles. The van der Waals surface area contributed by atoms with Gasteiger partial charge in [-0.2, -0.15) is 0 Å². The molecule has 0 aliphatic carbocycles. The monoisotopic (exact) mass is 271 g/mol. The highest BCUT2D eigenvalue weighted by Crippen LogP contribution is 2.22. The van der Waals surface area contributed by atoms with Crippen LogP contribution in [0.25, 0.3) is 0 Å². The Balaban J connectivity index is 2.52. The van der Waals surface area contributed by atoms with Gasteiger partial charge in [0.15, 0.2) is 0 Å². The molecule has 1 aliphatic heterocycles. The minimum Gasteiger partial charge on any atom is -0.465 e. The van der Waals surface area contributed by atoms with Crippen LogP contribution in [0.3, 0.4) is 0 Å². The molecule has 1 rings (SSSR count). The molecule has 1 saturated heterocycles. The number of hydroxylamine groups is 1. The number of nitrogens with one attached hydrogen (secondary N) is 1. The summed E-state index contributed by atoms with van der Waals surface area (Å²) in [5.41, 5.74) is 1.88. The van der Waals surface area contributed by atoms with Crippen LogP contribution in [0.5, 0.6) is 0 Å². The molecule has 106 valence electrons. The molecule has 0 aromatic rings. The zero-order chi connectivity index (χ0) is 14.1. The normalized spacial score (nSPS) is 23.4. The average molecular weight is 271 g/mol. The Labute approximate surface area is 110 Å². The number of nitrogens with zero attached hydrogens (tertiary/aromatic N) is 2. The zero-order valence-corrected chi connectivity index (χ0v) is 10.6. The van der Waals surface area contributed by atoms with E-state index in [1.807, 2.05) is 5.48 Å². The first-order valence-electron chi connectivity index (χ1n) is 5.73. The van der Waals surface area contributed by atoms with Crippen LogP contribution in [0.15, 0.2) is 17.3 Å². The second kappa shape index (κ2) is 8.22. The highest BCUT2D eigenvalue weighted by atomic mass is 16.6. The van der Waals surface area contributed by atoms with E-state index in [4.69, 9.17) is 9.94 Å². The lowest BCUT2D eigenvalue weighted by atomic mass is 10.2. The van der Waals surface area contributed by atoms with Gasteiger partial charge in [-0.15, -0.1) is 0 Å². The predicted molar refractivity (Wildman–Crippen MR) is 65.2 cm³/mol. The van der Waals surface area contributed by atoms with Crippen molar-refractivity contribution in [1.82, 2.24) is 10.4 Å². The molecule has 2 atom stereocenters. The van der Waals surface area contributed by atoms with Crippen molar-refractivity contribution in [2.75, 3.05) is 13.7 Å². The zero-order valence-electron chi connectivity index (χ0n) is 10.6. The SMILES string of the molecule is CN=C(/C=C\N(C=O)C1CCC(COC=O)O1)NO. The summed E-state index contributed by atoms with van der Waals surface area (Å²) in [6.07, 6.45) is 4.23. The molecule has 19 heavy (non-hydrogen) atoms. The van der Waals surface area contributed by atoms with Gasteiger partial charge in [0.2, 0.25) is 6.41 Å². The second-order valence-electron chi connectivity index (χ2n) is 3.81. The van der Waals surface area contributed by atoms with Crippen molar-refractivity contribution in [2.24, 2.45) is 4.99 Å². The fraction of sp³-hybridized carbons (Fsp3) is 0.545. The Morgan fingerprint density at radius 1 is 1.58 bits per heavy atom. The van der Waals surface area contributed by atoms with E-state index in [-0.39, 0.29) is 18.5 Å². The van der Waals surface area contributed by atoms with E-state index in [1.165, 1.54) is 24.2 Å². The van der Waals surface area contributed by atoms with Crippen LogP contribution < -0.4 is 5.48 Å². The molecule has 0 aromatic carbocycles. The molecule has 1 amide bonds. The summed E-state index contributed by atoms with van der Waals surface area (Å²) in [4.78, 5) is 26.1. The second-order valence-corrected chi connectivity index (χ2v) is 3.81. The predicted octanol–water partition coefficient (Wildman–Crippen LogP) is -0.356. The summed E-state index contributed by atoms with van der Waals surface area (Å²) in [5.74, 6) is 0.214. The quantitative estimate of drug-likeness (QED) is 0.284. The molecule has 0 radical (unpaired) electrons. The number of aliphatic imine (C=N–C) groups is 1. The molecule has 0 bridgehead atoms. The molecule has 2 N–H and O–H groups in total. The lowest BCUT2D eigenvalue weighted by molar-refractivity contribution is -0.137. The van der Waals surface area contributed by atoms with Gasteiger partial charge in [-0.1, -0.05) is 0 Å². The van der Waals surface area contributed by atoms with Crippen molar-refractivity contribution in [1.29, 1.82) is 0 Å². The maximum atomic E-state index is 11.0. The van der Waals surface area contributed by atoms with Gasteiger partial charge in [0.05, 0.1) is 6.10 Å². The number of ether oxygens (including phenoxy) is 2. The maximum absolute atomic E-state index is 11.0. The van der Waals surface area contributed by atoms with Gasteiger partial charge in [-0.05, 0) is 18.9 Å². The van der Waals surface area contributed by atoms with E-state index in [2.05, 4.69) is 9.73 Å². The van der Waals surface area contributed by atoms with E-state index in [1.54, 1.807) is 0 Å². The molecule has 8 heteroatoms. The van der Waals surface area contributed by atoms with Crippen molar-refractivity contribution in [2.45, 2.75) is 25.2 Å². The van der Waals surface area contributed by atoms with Gasteiger partial charge in [0.25, 0.3) is 6.47 Å². The molecule has 1 heterocycles. The number of hydrogen-bond donors (Lipinski definition) is 2. The van der Waals surface area contributed by atoms with Crippen LogP contribution >= 0.6 is 0 Å². The summed E-state index contributed by atoms with van der Waals surface area (Å²) in [6.45, 7) is 0.543. The Hall–Kier alpha value is -1.93. The van der Waals surface area contributed by atoms with Crippen molar-refractivity contribution in [3.05, 3.63) is 12.3 Å². The van der Waals surface area contributed by atoms with Crippen LogP contribution in [-0.2, 0) is 19.1 Å². The number of rotatable bonds is 7. The van der Waals surface area contributed by atoms with E-state index in [0.717, 1.165) is 0 Å². The molecular formula is C11H17N3O5. The molecule has 1 fully saturated rings. The van der Waals surface area contributed by atoms with Crippen molar-refractivity contribution in [3.63, 3.8) is 0 Å². The lowest BCUT2D eigenvalue weighted by Gasteiger charge is -2.21. The lowest BCUT2D eigenvalue weighted by Crippen LogP contribution is -2.31. The molecule has 0 aromatic heterocycles. The Morgan fingerprint density at radius 2 is 2.37 bits per heavy atom. The van der Waals surface area contributed by atoms with Gasteiger partial charge < -0.3 is 9.47 Å². The summed E-state index contributed by atoms with van der Waals surface area (Å²) in [6, 6.07) is 0. The van der Waals surface area contributed by atoms with E-state index >= 15 is 0 Å². The Kier molecular flexibility index (Phi) is 6.55. The fourth-order valence-electron chi connectivity index (χ4n) is 1.69. The molecular weight excluding hydrogens is 254 g/mol. The van der Waals surface area contributed by atoms with E-state index in [0.29, 0.717) is 25.7 Å². The molecule has 8 nitrogen and oxygen atoms in total. The molecule has 0 spiro atoms. The largest absolute Gasteiger partial charge is 0.465 e. The Bertz CT molecular complexity index is 358. The van der Waals surface area contributed by atoms with Crippen LogP contribution in [0.2, 0.25) is 0 Å². The number of amidine groups is 1. The fourth-order valence-corrected chi connectivity index (χ4v) is 1.69. The third-order valence-corrected chi connectivity index (χ3v) is 2.65. The van der Waals surface area contributed by atoms with Crippen LogP contribution in [0, 0.1) is 0 Å². The van der Waals surface area contributed by atoms with Crippen LogP contribution in [0.4, 0.5) is 0 Å². The van der Waals surface area contributed by atoms with Gasteiger partial charge in [-0.25, -0.2) is 0 Å². The van der Waals surface area contributed by atoms with Crippen LogP contribution in [0.1, 0.15) is 12.8 Å². The standard InChI is InChI=1S/C11H17N3O5/c1-12-10(13-17)4-5-14(7-15)11-3-2-9(19-11)6-18-8-16/h4-5,7-9,11,17H,2-3,6H2,1H3,(H,12,13)/b5-4-. The number of hydrogen-bond acceptors (Lipinski definition) is 6. The topological polar surface area (TPSA) is 100 Å². The molecule has 1 aliphatic rings. The van der Waals surface area contributed by atoms with E-state index < -0.39 is 6.23 Å². The highest BCUT2D eigenvalue weighted by Gasteiger charge is 2.28. The average Bonchev–Trinajstić information content (AvgIpc) is 2.90. The maximum Gasteiger partial charge on any atom is 0.293 e. The van der Waals surface area contributed by atoms with Gasteiger partial charge >= 0.3 is 0 Å². The Morgan fingerprint density at radius 3 is 2.95 bits per heavy atom. The first kappa shape index (κ1) is 15.1. The summed E-state index contributed by atoms with van der Waals surface area (Å²) in [5, 5.41) is 8.70. The van der Waals surface area contributed by atoms with Crippen molar-refractivity contribution >= 4 is 18.7 Å². The third kappa shape index (κ3) is 4.68. The van der Waals surface area contributed by atoms with Gasteiger partial charge in [0.1, 0.15) is 18.7 Å². The summed E-state index contributed by atoms with van der Waals surface area (Å²) >= 11 is 0. The van der Waals surface area contributed by atoms with Crippen molar-refractivity contribution in [3.8, 4) is 0 Å². The van der Waals surface area contributed by atoms with E-state index in [9.17, 15) is 9.59 Å².